The van der Waals surface area contributed by atoms with E-state index >= 15 is 0 Å². The molecule has 3 nitrogen and oxygen atoms in total. The molecule has 0 aliphatic heterocycles. The maximum atomic E-state index is 13.0. The summed E-state index contributed by atoms with van der Waals surface area (Å²) in [6.45, 7) is 0.218. The standard InChI is InChI=1S/C14H12BrFN2O/c15-12-7-6-11(16)8-13(12)17-9-18-14(19)10-4-2-1-3-5-10/h1-8,17H,9H2,(H,18,19). The van der Waals surface area contributed by atoms with Crippen LogP contribution < -0.4 is 10.6 Å². The molecule has 2 aromatic carbocycles. The maximum Gasteiger partial charge on any atom is 0.252 e. The van der Waals surface area contributed by atoms with Crippen LogP contribution in [0, 0.1) is 5.82 Å². The molecule has 0 aliphatic rings. The molecule has 0 saturated heterocycles. The number of benzene rings is 2. The smallest absolute Gasteiger partial charge is 0.252 e. The van der Waals surface area contributed by atoms with Gasteiger partial charge < -0.3 is 10.6 Å². The van der Waals surface area contributed by atoms with Crippen LogP contribution in [0.25, 0.3) is 0 Å². The summed E-state index contributed by atoms with van der Waals surface area (Å²) >= 11 is 3.30. The molecular formula is C14H12BrFN2O. The number of carbonyl (C=O) groups is 1. The van der Waals surface area contributed by atoms with E-state index in [1.54, 1.807) is 30.3 Å². The fourth-order valence-corrected chi connectivity index (χ4v) is 1.93. The summed E-state index contributed by atoms with van der Waals surface area (Å²) in [6, 6.07) is 13.2. The topological polar surface area (TPSA) is 41.1 Å². The Morgan fingerprint density at radius 3 is 2.63 bits per heavy atom. The summed E-state index contributed by atoms with van der Waals surface area (Å²) in [7, 11) is 0. The number of rotatable bonds is 4. The first-order chi connectivity index (χ1) is 9.16. The van der Waals surface area contributed by atoms with Gasteiger partial charge >= 0.3 is 0 Å². The van der Waals surface area contributed by atoms with Crippen molar-refractivity contribution in [3.05, 3.63) is 64.4 Å². The van der Waals surface area contributed by atoms with Gasteiger partial charge in [-0.15, -0.1) is 0 Å². The van der Waals surface area contributed by atoms with Crippen LogP contribution in [0.15, 0.2) is 53.0 Å². The quantitative estimate of drug-likeness (QED) is 0.847. The van der Waals surface area contributed by atoms with E-state index in [0.717, 1.165) is 4.47 Å². The van der Waals surface area contributed by atoms with Gasteiger partial charge in [-0.2, -0.15) is 0 Å². The van der Waals surface area contributed by atoms with Crippen molar-refractivity contribution in [1.82, 2.24) is 5.32 Å². The predicted octanol–water partition coefficient (Wildman–Crippen LogP) is 3.39. The minimum Gasteiger partial charge on any atom is -0.367 e. The Hall–Kier alpha value is -1.88. The van der Waals surface area contributed by atoms with Crippen molar-refractivity contribution < 1.29 is 9.18 Å². The van der Waals surface area contributed by atoms with Crippen LogP contribution in [-0.2, 0) is 0 Å². The highest BCUT2D eigenvalue weighted by molar-refractivity contribution is 9.10. The molecule has 0 radical (unpaired) electrons. The monoisotopic (exact) mass is 322 g/mol. The average molecular weight is 323 g/mol. The molecule has 0 unspecified atom stereocenters. The van der Waals surface area contributed by atoms with Gasteiger partial charge in [0.1, 0.15) is 5.82 Å². The van der Waals surface area contributed by atoms with Gasteiger partial charge in [0.05, 0.1) is 12.4 Å². The van der Waals surface area contributed by atoms with Crippen molar-refractivity contribution in [3.8, 4) is 0 Å². The molecule has 0 saturated carbocycles. The molecule has 19 heavy (non-hydrogen) atoms. The number of hydrogen-bond donors (Lipinski definition) is 2. The van der Waals surface area contributed by atoms with Crippen molar-refractivity contribution in [1.29, 1.82) is 0 Å². The lowest BCUT2D eigenvalue weighted by atomic mass is 10.2. The van der Waals surface area contributed by atoms with Crippen LogP contribution in [0.1, 0.15) is 10.4 Å². The third-order valence-corrected chi connectivity index (χ3v) is 3.18. The number of amides is 1. The molecule has 0 bridgehead atoms. The molecule has 0 spiro atoms. The third-order valence-electron chi connectivity index (χ3n) is 2.49. The lowest BCUT2D eigenvalue weighted by Crippen LogP contribution is -2.29. The first kappa shape index (κ1) is 13.5. The van der Waals surface area contributed by atoms with E-state index in [9.17, 15) is 9.18 Å². The molecule has 98 valence electrons. The van der Waals surface area contributed by atoms with Gasteiger partial charge in [-0.05, 0) is 46.3 Å². The van der Waals surface area contributed by atoms with E-state index < -0.39 is 0 Å². The predicted molar refractivity (Wildman–Crippen MR) is 76.5 cm³/mol. The molecular weight excluding hydrogens is 311 g/mol. The zero-order valence-electron chi connectivity index (χ0n) is 9.99. The number of hydrogen-bond acceptors (Lipinski definition) is 2. The van der Waals surface area contributed by atoms with Gasteiger partial charge in [0.25, 0.3) is 5.91 Å². The van der Waals surface area contributed by atoms with Gasteiger partial charge in [0.2, 0.25) is 0 Å². The van der Waals surface area contributed by atoms with E-state index in [2.05, 4.69) is 26.6 Å². The van der Waals surface area contributed by atoms with Gasteiger partial charge in [0.15, 0.2) is 0 Å². The van der Waals surface area contributed by atoms with Crippen molar-refractivity contribution >= 4 is 27.5 Å². The van der Waals surface area contributed by atoms with Crippen molar-refractivity contribution in [2.75, 3.05) is 12.0 Å². The number of halogens is 2. The van der Waals surface area contributed by atoms with Crippen LogP contribution in [-0.4, -0.2) is 12.6 Å². The lowest BCUT2D eigenvalue weighted by molar-refractivity contribution is 0.0956. The lowest BCUT2D eigenvalue weighted by Gasteiger charge is -2.10. The van der Waals surface area contributed by atoms with Crippen LogP contribution in [0.4, 0.5) is 10.1 Å². The number of anilines is 1. The molecule has 2 rings (SSSR count). The zero-order valence-corrected chi connectivity index (χ0v) is 11.6. The minimum atomic E-state index is -0.333. The normalized spacial score (nSPS) is 10.0. The van der Waals surface area contributed by atoms with E-state index in [0.29, 0.717) is 11.3 Å². The summed E-state index contributed by atoms with van der Waals surface area (Å²) in [6.07, 6.45) is 0. The molecule has 2 N–H and O–H groups in total. The second kappa shape index (κ2) is 6.33. The Morgan fingerprint density at radius 1 is 1.16 bits per heavy atom. The number of nitrogens with one attached hydrogen (secondary N) is 2. The van der Waals surface area contributed by atoms with E-state index in [-0.39, 0.29) is 18.4 Å². The van der Waals surface area contributed by atoms with Crippen LogP contribution in [0.3, 0.4) is 0 Å². The molecule has 1 amide bonds. The second-order valence-corrected chi connectivity index (χ2v) is 4.70. The Balaban J connectivity index is 1.90. The van der Waals surface area contributed by atoms with Gasteiger partial charge in [-0.1, -0.05) is 18.2 Å². The molecule has 0 aliphatic carbocycles. The Bertz CT molecular complexity index is 575. The third kappa shape index (κ3) is 3.79. The van der Waals surface area contributed by atoms with Crippen molar-refractivity contribution in [2.45, 2.75) is 0 Å². The molecule has 0 aromatic heterocycles. The fourth-order valence-electron chi connectivity index (χ4n) is 1.54. The summed E-state index contributed by atoms with van der Waals surface area (Å²) in [4.78, 5) is 11.7. The minimum absolute atomic E-state index is 0.180. The molecule has 5 heteroatoms. The first-order valence-electron chi connectivity index (χ1n) is 5.69. The average Bonchev–Trinajstić information content (AvgIpc) is 2.43. The highest BCUT2D eigenvalue weighted by Gasteiger charge is 2.04. The zero-order chi connectivity index (χ0) is 13.7. The molecule has 2 aromatic rings. The molecule has 0 heterocycles. The van der Waals surface area contributed by atoms with E-state index in [4.69, 9.17) is 0 Å². The fraction of sp³-hybridized carbons (Fsp3) is 0.0714. The molecule has 0 atom stereocenters. The Labute approximate surface area is 119 Å². The van der Waals surface area contributed by atoms with Crippen LogP contribution in [0.2, 0.25) is 0 Å². The van der Waals surface area contributed by atoms with Crippen molar-refractivity contribution in [3.63, 3.8) is 0 Å². The number of carbonyl (C=O) groups excluding carboxylic acids is 1. The summed E-state index contributed by atoms with van der Waals surface area (Å²) in [5.41, 5.74) is 1.18. The largest absolute Gasteiger partial charge is 0.367 e. The van der Waals surface area contributed by atoms with Crippen molar-refractivity contribution in [2.24, 2.45) is 0 Å². The van der Waals surface area contributed by atoms with E-state index in [1.807, 2.05) is 6.07 Å². The van der Waals surface area contributed by atoms with Gasteiger partial charge in [-0.3, -0.25) is 4.79 Å². The Morgan fingerprint density at radius 2 is 1.89 bits per heavy atom. The maximum absolute atomic E-state index is 13.0. The first-order valence-corrected chi connectivity index (χ1v) is 6.48. The SMILES string of the molecule is O=C(NCNc1cc(F)ccc1Br)c1ccccc1. The summed E-state index contributed by atoms with van der Waals surface area (Å²) in [5, 5.41) is 5.64. The van der Waals surface area contributed by atoms with Gasteiger partial charge in [-0.25, -0.2) is 4.39 Å². The van der Waals surface area contributed by atoms with Gasteiger partial charge in [0, 0.05) is 10.0 Å². The summed E-state index contributed by atoms with van der Waals surface area (Å²) < 4.78 is 13.8. The second-order valence-electron chi connectivity index (χ2n) is 3.85. The molecule has 0 fully saturated rings. The highest BCUT2D eigenvalue weighted by Crippen LogP contribution is 2.22. The summed E-state index contributed by atoms with van der Waals surface area (Å²) in [5.74, 6) is -0.513. The Kier molecular flexibility index (Phi) is 4.52. The van der Waals surface area contributed by atoms with Crippen LogP contribution in [0.5, 0.6) is 0 Å². The van der Waals surface area contributed by atoms with E-state index in [1.165, 1.54) is 12.1 Å². The van der Waals surface area contributed by atoms with Crippen LogP contribution >= 0.6 is 15.9 Å². The highest BCUT2D eigenvalue weighted by atomic mass is 79.9.